The number of nitrogens with zero attached hydrogens (tertiary/aromatic N) is 1. The van der Waals surface area contributed by atoms with Crippen molar-refractivity contribution in [1.29, 1.82) is 0 Å². The van der Waals surface area contributed by atoms with Crippen LogP contribution < -0.4 is 14.2 Å². The van der Waals surface area contributed by atoms with E-state index < -0.39 is 11.9 Å². The van der Waals surface area contributed by atoms with E-state index in [1.165, 1.54) is 4.90 Å². The number of amides is 2. The Hall–Kier alpha value is -3.27. The molecule has 0 aliphatic carbocycles. The van der Waals surface area contributed by atoms with Gasteiger partial charge in [0, 0.05) is 5.02 Å². The van der Waals surface area contributed by atoms with Gasteiger partial charge in [0.05, 0.1) is 35.2 Å². The van der Waals surface area contributed by atoms with E-state index in [0.29, 0.717) is 38.7 Å². The minimum atomic E-state index is -0.570. The van der Waals surface area contributed by atoms with Crippen LogP contribution in [0, 0.1) is 0 Å². The van der Waals surface area contributed by atoms with Crippen molar-refractivity contribution in [3.05, 3.63) is 91.8 Å². The van der Waals surface area contributed by atoms with Crippen LogP contribution >= 0.6 is 39.3 Å². The van der Waals surface area contributed by atoms with Gasteiger partial charge in [0.15, 0.2) is 11.5 Å². The Kier molecular flexibility index (Phi) is 8.58. The number of halogens is 2. The van der Waals surface area contributed by atoms with Crippen LogP contribution in [0.4, 0.5) is 4.79 Å². The number of esters is 1. The molecule has 0 unspecified atom stereocenters. The summed E-state index contributed by atoms with van der Waals surface area (Å²) in [7, 11) is 1.54. The van der Waals surface area contributed by atoms with E-state index in [0.717, 1.165) is 17.3 Å². The zero-order valence-electron chi connectivity index (χ0n) is 19.8. The molecule has 37 heavy (non-hydrogen) atoms. The fourth-order valence-electron chi connectivity index (χ4n) is 3.52. The van der Waals surface area contributed by atoms with E-state index in [1.54, 1.807) is 80.8 Å². The number of methoxy groups -OCH3 is 1. The highest BCUT2D eigenvalue weighted by molar-refractivity contribution is 9.10. The number of hydrogen-bond acceptors (Lipinski definition) is 7. The molecule has 10 heteroatoms. The molecule has 0 bridgehead atoms. The second-order valence-electron chi connectivity index (χ2n) is 7.78. The van der Waals surface area contributed by atoms with Gasteiger partial charge in [-0.25, -0.2) is 4.79 Å². The lowest BCUT2D eigenvalue weighted by atomic mass is 10.1. The summed E-state index contributed by atoms with van der Waals surface area (Å²) in [5.74, 6) is 0.157. The molecule has 1 saturated heterocycles. The van der Waals surface area contributed by atoms with Gasteiger partial charge in [-0.1, -0.05) is 23.7 Å². The summed E-state index contributed by atoms with van der Waals surface area (Å²) in [6.45, 7) is 2.24. The third kappa shape index (κ3) is 6.36. The molecule has 0 saturated carbocycles. The fraction of sp³-hybridized carbons (Fsp3) is 0.148. The lowest BCUT2D eigenvalue weighted by Crippen LogP contribution is -2.27. The van der Waals surface area contributed by atoms with Crippen LogP contribution in [0.3, 0.4) is 0 Å². The van der Waals surface area contributed by atoms with E-state index in [-0.39, 0.29) is 22.4 Å². The van der Waals surface area contributed by atoms with Crippen LogP contribution in [0.1, 0.15) is 28.4 Å². The van der Waals surface area contributed by atoms with Crippen molar-refractivity contribution in [1.82, 2.24) is 4.90 Å². The molecule has 0 atom stereocenters. The molecule has 190 valence electrons. The van der Waals surface area contributed by atoms with Gasteiger partial charge in [0.2, 0.25) is 0 Å². The van der Waals surface area contributed by atoms with Crippen LogP contribution in [-0.4, -0.2) is 35.7 Å². The van der Waals surface area contributed by atoms with E-state index in [4.69, 9.17) is 25.8 Å². The summed E-state index contributed by atoms with van der Waals surface area (Å²) < 4.78 is 16.9. The third-order valence-electron chi connectivity index (χ3n) is 5.25. The topological polar surface area (TPSA) is 82.1 Å². The number of hydrogen-bond donors (Lipinski definition) is 0. The third-order valence-corrected chi connectivity index (χ3v) is 6.98. The van der Waals surface area contributed by atoms with E-state index in [2.05, 4.69) is 15.9 Å². The maximum Gasteiger partial charge on any atom is 0.343 e. The Morgan fingerprint density at radius 3 is 2.54 bits per heavy atom. The molecule has 1 fully saturated rings. The Bertz CT molecular complexity index is 1390. The number of ether oxygens (including phenoxy) is 3. The largest absolute Gasteiger partial charge is 0.497 e. The molecule has 3 aromatic rings. The van der Waals surface area contributed by atoms with Gasteiger partial charge in [0.25, 0.3) is 11.1 Å². The van der Waals surface area contributed by atoms with Crippen molar-refractivity contribution < 1.29 is 28.6 Å². The van der Waals surface area contributed by atoms with Crippen molar-refractivity contribution in [3.8, 4) is 17.2 Å². The SMILES string of the molecule is CCOc1cc(/C=C2\SC(=O)N(Cc3cccc(Cl)c3)C2=O)cc(Br)c1OC(=O)c1ccc(OC)cc1. The molecule has 0 N–H and O–H groups in total. The van der Waals surface area contributed by atoms with Crippen LogP contribution in [0.2, 0.25) is 5.02 Å². The predicted molar refractivity (Wildman–Crippen MR) is 146 cm³/mol. The lowest BCUT2D eigenvalue weighted by molar-refractivity contribution is -0.123. The molecule has 1 aliphatic rings. The van der Waals surface area contributed by atoms with Gasteiger partial charge < -0.3 is 14.2 Å². The highest BCUT2D eigenvalue weighted by atomic mass is 79.9. The number of imide groups is 1. The summed E-state index contributed by atoms with van der Waals surface area (Å²) in [6, 6.07) is 16.9. The molecule has 7 nitrogen and oxygen atoms in total. The molecular weight excluding hydrogens is 582 g/mol. The summed E-state index contributed by atoms with van der Waals surface area (Å²) in [5, 5.41) is 0.159. The van der Waals surface area contributed by atoms with Gasteiger partial charge in [-0.15, -0.1) is 0 Å². The van der Waals surface area contributed by atoms with Crippen molar-refractivity contribution in [3.63, 3.8) is 0 Å². The number of carbonyl (C=O) groups excluding carboxylic acids is 3. The van der Waals surface area contributed by atoms with Gasteiger partial charge >= 0.3 is 5.97 Å². The van der Waals surface area contributed by atoms with Crippen LogP contribution in [0.25, 0.3) is 6.08 Å². The minimum Gasteiger partial charge on any atom is -0.497 e. The Balaban J connectivity index is 1.57. The highest BCUT2D eigenvalue weighted by Gasteiger charge is 2.35. The Labute approximate surface area is 231 Å². The second kappa shape index (κ2) is 11.9. The quantitative estimate of drug-likeness (QED) is 0.157. The van der Waals surface area contributed by atoms with Gasteiger partial charge in [-0.2, -0.15) is 0 Å². The first-order chi connectivity index (χ1) is 17.8. The normalized spacial score (nSPS) is 14.3. The van der Waals surface area contributed by atoms with Crippen LogP contribution in [-0.2, 0) is 11.3 Å². The standard InChI is InChI=1S/C27H21BrClNO6S/c1-3-35-22-13-17(12-21(28)24(22)36-26(32)18-7-9-20(34-2)10-8-18)14-23-25(31)30(27(33)37-23)15-16-5-4-6-19(29)11-16/h4-14H,3,15H2,1-2H3/b23-14-. The molecule has 0 aromatic heterocycles. The first-order valence-corrected chi connectivity index (χ1v) is 13.1. The van der Waals surface area contributed by atoms with Gasteiger partial charge in [-0.3, -0.25) is 14.5 Å². The first-order valence-electron chi connectivity index (χ1n) is 11.1. The number of carbonyl (C=O) groups is 3. The minimum absolute atomic E-state index is 0.122. The van der Waals surface area contributed by atoms with Crippen molar-refractivity contribution in [2.24, 2.45) is 0 Å². The second-order valence-corrected chi connectivity index (χ2v) is 10.1. The average Bonchev–Trinajstić information content (AvgIpc) is 3.13. The summed E-state index contributed by atoms with van der Waals surface area (Å²) in [6.07, 6.45) is 1.60. The Morgan fingerprint density at radius 2 is 1.86 bits per heavy atom. The summed E-state index contributed by atoms with van der Waals surface area (Å²) >= 11 is 10.3. The van der Waals surface area contributed by atoms with Crippen molar-refractivity contribution in [2.45, 2.75) is 13.5 Å². The first kappa shape index (κ1) is 26.8. The molecule has 0 spiro atoms. The van der Waals surface area contributed by atoms with Crippen molar-refractivity contribution >= 4 is 62.5 Å². The number of thioether (sulfide) groups is 1. The van der Waals surface area contributed by atoms with Gasteiger partial charge in [-0.05, 0) is 100 Å². The zero-order valence-corrected chi connectivity index (χ0v) is 23.0. The smallest absolute Gasteiger partial charge is 0.343 e. The van der Waals surface area contributed by atoms with Gasteiger partial charge in [0.1, 0.15) is 5.75 Å². The maximum absolute atomic E-state index is 13.0. The predicted octanol–water partition coefficient (Wildman–Crippen LogP) is 6.97. The zero-order chi connectivity index (χ0) is 26.5. The Morgan fingerprint density at radius 1 is 1.11 bits per heavy atom. The molecule has 1 heterocycles. The van der Waals surface area contributed by atoms with Crippen molar-refractivity contribution in [2.75, 3.05) is 13.7 Å². The molecular formula is C27H21BrClNO6S. The summed E-state index contributed by atoms with van der Waals surface area (Å²) in [5.41, 5.74) is 1.68. The van der Waals surface area contributed by atoms with E-state index >= 15 is 0 Å². The lowest BCUT2D eigenvalue weighted by Gasteiger charge is -2.14. The molecule has 0 radical (unpaired) electrons. The van der Waals surface area contributed by atoms with E-state index in [1.807, 2.05) is 0 Å². The van der Waals surface area contributed by atoms with E-state index in [9.17, 15) is 14.4 Å². The molecule has 1 aliphatic heterocycles. The molecule has 3 aromatic carbocycles. The monoisotopic (exact) mass is 601 g/mol. The molecule has 4 rings (SSSR count). The highest BCUT2D eigenvalue weighted by Crippen LogP contribution is 2.40. The maximum atomic E-state index is 13.0. The number of rotatable bonds is 8. The molecule has 2 amide bonds. The fourth-order valence-corrected chi connectivity index (χ4v) is 5.11. The number of benzene rings is 3. The summed E-state index contributed by atoms with van der Waals surface area (Å²) in [4.78, 5) is 39.7. The van der Waals surface area contributed by atoms with Crippen LogP contribution in [0.5, 0.6) is 17.2 Å². The van der Waals surface area contributed by atoms with Crippen LogP contribution in [0.15, 0.2) is 70.0 Å². The average molecular weight is 603 g/mol.